The van der Waals surface area contributed by atoms with Crippen molar-refractivity contribution in [2.45, 2.75) is 26.2 Å². The van der Waals surface area contributed by atoms with Gasteiger partial charge in [-0.25, -0.2) is 0 Å². The fourth-order valence-electron chi connectivity index (χ4n) is 2.60. The van der Waals surface area contributed by atoms with Crippen molar-refractivity contribution in [2.24, 2.45) is 5.92 Å². The molecule has 1 aromatic rings. The molecule has 0 bridgehead atoms. The van der Waals surface area contributed by atoms with E-state index < -0.39 is 0 Å². The maximum Gasteiger partial charge on any atom is 0.227 e. The Labute approximate surface area is 133 Å². The number of amides is 1. The molecule has 0 aliphatic carbocycles. The molecule has 0 unspecified atom stereocenters. The van der Waals surface area contributed by atoms with Crippen molar-refractivity contribution in [1.82, 2.24) is 5.32 Å². The molecule has 1 fully saturated rings. The predicted molar refractivity (Wildman–Crippen MR) is 87.4 cm³/mol. The molecule has 3 nitrogen and oxygen atoms in total. The minimum absolute atomic E-state index is 0.202. The maximum atomic E-state index is 12.5. The van der Waals surface area contributed by atoms with E-state index in [4.69, 9.17) is 11.6 Å². The third-order valence-electron chi connectivity index (χ3n) is 3.75. The number of rotatable bonds is 4. The van der Waals surface area contributed by atoms with Crippen LogP contribution in [-0.4, -0.2) is 25.5 Å². The van der Waals surface area contributed by atoms with Crippen molar-refractivity contribution in [3.8, 4) is 0 Å². The number of nitrogens with one attached hydrogen (secondary N) is 1. The Bertz CT molecular complexity index is 475. The van der Waals surface area contributed by atoms with Crippen LogP contribution < -0.4 is 10.2 Å². The van der Waals surface area contributed by atoms with Crippen molar-refractivity contribution in [2.75, 3.05) is 24.5 Å². The molecule has 20 heavy (non-hydrogen) atoms. The van der Waals surface area contributed by atoms with Gasteiger partial charge in [0.05, 0.1) is 5.02 Å². The van der Waals surface area contributed by atoms with Crippen molar-refractivity contribution < 1.29 is 4.79 Å². The summed E-state index contributed by atoms with van der Waals surface area (Å²) in [5.74, 6) is 0.710. The fraction of sp³-hybridized carbons (Fsp3) is 0.533. The van der Waals surface area contributed by atoms with Gasteiger partial charge in [-0.3, -0.25) is 4.79 Å². The van der Waals surface area contributed by atoms with Crippen molar-refractivity contribution >= 4 is 39.1 Å². The number of hydrogen-bond donors (Lipinski definition) is 1. The molecule has 0 aromatic heterocycles. The standard InChI is InChI=1S/C15H20BrClN2O/c1-2-19(12-3-4-14(17)13(16)10-12)15(20)9-11-5-7-18-8-6-11/h3-4,10-11,18H,2,5-9H2,1H3. The third kappa shape index (κ3) is 3.96. The second kappa shape index (κ2) is 7.43. The molecule has 0 radical (unpaired) electrons. The number of carbonyl (C=O) groups is 1. The van der Waals surface area contributed by atoms with Crippen LogP contribution in [0.3, 0.4) is 0 Å². The highest BCUT2D eigenvalue weighted by Crippen LogP contribution is 2.28. The SMILES string of the molecule is CCN(C(=O)CC1CCNCC1)c1ccc(Cl)c(Br)c1. The van der Waals surface area contributed by atoms with Gasteiger partial charge in [-0.1, -0.05) is 11.6 Å². The molecule has 1 amide bonds. The quantitative estimate of drug-likeness (QED) is 0.885. The first kappa shape index (κ1) is 15.8. The number of hydrogen-bond acceptors (Lipinski definition) is 2. The van der Waals surface area contributed by atoms with Gasteiger partial charge in [-0.15, -0.1) is 0 Å². The van der Waals surface area contributed by atoms with E-state index in [0.717, 1.165) is 36.1 Å². The number of halogens is 2. The molecule has 110 valence electrons. The smallest absolute Gasteiger partial charge is 0.227 e. The molecule has 0 spiro atoms. The van der Waals surface area contributed by atoms with E-state index in [2.05, 4.69) is 21.2 Å². The largest absolute Gasteiger partial charge is 0.317 e. The van der Waals surface area contributed by atoms with Gasteiger partial charge in [0.15, 0.2) is 0 Å². The molecule has 0 atom stereocenters. The monoisotopic (exact) mass is 358 g/mol. The van der Waals surface area contributed by atoms with Gasteiger partial charge in [0, 0.05) is 23.1 Å². The Morgan fingerprint density at radius 1 is 1.45 bits per heavy atom. The summed E-state index contributed by atoms with van der Waals surface area (Å²) in [7, 11) is 0. The molecule has 1 aliphatic heterocycles. The van der Waals surface area contributed by atoms with Crippen LogP contribution in [0, 0.1) is 5.92 Å². The van der Waals surface area contributed by atoms with Crippen LogP contribution in [0.25, 0.3) is 0 Å². The lowest BCUT2D eigenvalue weighted by Crippen LogP contribution is -2.35. The summed E-state index contributed by atoms with van der Waals surface area (Å²) in [6.07, 6.45) is 2.82. The van der Waals surface area contributed by atoms with E-state index in [-0.39, 0.29) is 5.91 Å². The molecule has 5 heteroatoms. The second-order valence-corrected chi connectivity index (χ2v) is 6.40. The van der Waals surface area contributed by atoms with Crippen LogP contribution in [0.1, 0.15) is 26.2 Å². The lowest BCUT2D eigenvalue weighted by Gasteiger charge is -2.26. The van der Waals surface area contributed by atoms with E-state index >= 15 is 0 Å². The minimum atomic E-state index is 0.202. The van der Waals surface area contributed by atoms with Crippen molar-refractivity contribution in [1.29, 1.82) is 0 Å². The molecule has 1 aromatic carbocycles. The van der Waals surface area contributed by atoms with Gasteiger partial charge in [0.2, 0.25) is 5.91 Å². The molecule has 1 heterocycles. The van der Waals surface area contributed by atoms with E-state index in [1.165, 1.54) is 0 Å². The first-order chi connectivity index (χ1) is 9.61. The molecule has 1 aliphatic rings. The van der Waals surface area contributed by atoms with Gasteiger partial charge in [0.25, 0.3) is 0 Å². The highest BCUT2D eigenvalue weighted by molar-refractivity contribution is 9.10. The Hall–Kier alpha value is -0.580. The number of benzene rings is 1. The molecule has 2 rings (SSSR count). The average molecular weight is 360 g/mol. The van der Waals surface area contributed by atoms with Gasteiger partial charge < -0.3 is 10.2 Å². The van der Waals surface area contributed by atoms with E-state index in [9.17, 15) is 4.79 Å². The van der Waals surface area contributed by atoms with Gasteiger partial charge in [-0.2, -0.15) is 0 Å². The van der Waals surface area contributed by atoms with Crippen molar-refractivity contribution in [3.05, 3.63) is 27.7 Å². The third-order valence-corrected chi connectivity index (χ3v) is 4.97. The van der Waals surface area contributed by atoms with Crippen LogP contribution in [0.2, 0.25) is 5.02 Å². The number of carbonyl (C=O) groups excluding carboxylic acids is 1. The molecular weight excluding hydrogens is 340 g/mol. The molecule has 1 N–H and O–H groups in total. The normalized spacial score (nSPS) is 16.1. The summed E-state index contributed by atoms with van der Waals surface area (Å²) in [4.78, 5) is 14.3. The number of piperidine rings is 1. The first-order valence-electron chi connectivity index (χ1n) is 7.08. The number of anilines is 1. The van der Waals surface area contributed by atoms with E-state index in [1.807, 2.05) is 30.0 Å². The maximum absolute atomic E-state index is 12.5. The average Bonchev–Trinajstić information content (AvgIpc) is 2.44. The first-order valence-corrected chi connectivity index (χ1v) is 8.25. The Morgan fingerprint density at radius 3 is 2.75 bits per heavy atom. The Balaban J connectivity index is 2.06. The van der Waals surface area contributed by atoms with Gasteiger partial charge in [0.1, 0.15) is 0 Å². The minimum Gasteiger partial charge on any atom is -0.317 e. The number of nitrogens with zero attached hydrogens (tertiary/aromatic N) is 1. The van der Waals surface area contributed by atoms with Crippen LogP contribution in [0.5, 0.6) is 0 Å². The lowest BCUT2D eigenvalue weighted by molar-refractivity contribution is -0.119. The summed E-state index contributed by atoms with van der Waals surface area (Å²) in [6.45, 7) is 4.73. The van der Waals surface area contributed by atoms with Crippen LogP contribution in [0.15, 0.2) is 22.7 Å². The van der Waals surface area contributed by atoms with Crippen LogP contribution in [-0.2, 0) is 4.79 Å². The molecule has 1 saturated heterocycles. The van der Waals surface area contributed by atoms with Gasteiger partial charge >= 0.3 is 0 Å². The van der Waals surface area contributed by atoms with E-state index in [0.29, 0.717) is 23.9 Å². The summed E-state index contributed by atoms with van der Waals surface area (Å²) < 4.78 is 0.824. The molecular formula is C15H20BrClN2O. The summed E-state index contributed by atoms with van der Waals surface area (Å²) in [5.41, 5.74) is 0.905. The second-order valence-electron chi connectivity index (χ2n) is 5.13. The highest BCUT2D eigenvalue weighted by atomic mass is 79.9. The predicted octanol–water partition coefficient (Wildman–Crippen LogP) is 3.85. The zero-order chi connectivity index (χ0) is 14.5. The van der Waals surface area contributed by atoms with Gasteiger partial charge in [-0.05, 0) is 72.9 Å². The zero-order valence-corrected chi connectivity index (χ0v) is 14.0. The van der Waals surface area contributed by atoms with E-state index in [1.54, 1.807) is 0 Å². The van der Waals surface area contributed by atoms with Crippen LogP contribution >= 0.6 is 27.5 Å². The van der Waals surface area contributed by atoms with Crippen molar-refractivity contribution in [3.63, 3.8) is 0 Å². The zero-order valence-electron chi connectivity index (χ0n) is 11.7. The van der Waals surface area contributed by atoms with Crippen LogP contribution in [0.4, 0.5) is 5.69 Å². The Morgan fingerprint density at radius 2 is 2.15 bits per heavy atom. The Kier molecular flexibility index (Phi) is 5.87. The topological polar surface area (TPSA) is 32.3 Å². The highest BCUT2D eigenvalue weighted by Gasteiger charge is 2.21. The summed E-state index contributed by atoms with van der Waals surface area (Å²) in [6, 6.07) is 5.63. The molecule has 0 saturated carbocycles. The lowest BCUT2D eigenvalue weighted by atomic mass is 9.94. The summed E-state index contributed by atoms with van der Waals surface area (Å²) >= 11 is 9.42. The summed E-state index contributed by atoms with van der Waals surface area (Å²) in [5, 5.41) is 3.99. The fourth-order valence-corrected chi connectivity index (χ4v) is 3.08.